The molecule has 0 bridgehead atoms. The lowest BCUT2D eigenvalue weighted by Gasteiger charge is -2.31. The average molecular weight is 811 g/mol. The standard InChI is InChI=1S/C25H18F16N2O6S2/c1-43(2)42-17-15-7-11(50(44,45)48-9-20(30,31)24(38,39)22(34,35)18(26)27)3-5-13(15)14-6-4-12(8-16(14)17)51(46,47)49-10-21(32,33)25(40,41)23(36,37)19(28)29/h3-8,18-19H,9-10H2,1-2H3. The molecule has 3 rings (SSSR count). The quantitative estimate of drug-likeness (QED) is 0.0954. The van der Waals surface area contributed by atoms with Crippen LogP contribution in [0.25, 0.3) is 11.1 Å². The van der Waals surface area contributed by atoms with Gasteiger partial charge in [0.1, 0.15) is 13.2 Å². The van der Waals surface area contributed by atoms with Crippen LogP contribution in [0.1, 0.15) is 11.1 Å². The number of halogens is 16. The fourth-order valence-electron chi connectivity index (χ4n) is 4.05. The molecule has 1 aliphatic carbocycles. The Morgan fingerprint density at radius 1 is 0.588 bits per heavy atom. The Hall–Kier alpha value is -3.39. The van der Waals surface area contributed by atoms with E-state index >= 15 is 0 Å². The van der Waals surface area contributed by atoms with Crippen LogP contribution < -0.4 is 0 Å². The molecule has 0 atom stereocenters. The van der Waals surface area contributed by atoms with Gasteiger partial charge in [0.05, 0.1) is 15.5 Å². The van der Waals surface area contributed by atoms with Gasteiger partial charge in [-0.2, -0.15) is 74.6 Å². The van der Waals surface area contributed by atoms with Crippen molar-refractivity contribution in [2.75, 3.05) is 27.3 Å². The minimum absolute atomic E-state index is 0.0664. The summed E-state index contributed by atoms with van der Waals surface area (Å²) in [7, 11) is -8.79. The molecular formula is C25H18F16N2O6S2. The summed E-state index contributed by atoms with van der Waals surface area (Å²) in [6, 6.07) is 4.02. The third-order valence-electron chi connectivity index (χ3n) is 6.75. The van der Waals surface area contributed by atoms with E-state index in [9.17, 15) is 87.1 Å². The van der Waals surface area contributed by atoms with E-state index in [2.05, 4.69) is 13.5 Å². The predicted molar refractivity (Wildman–Crippen MR) is 139 cm³/mol. The summed E-state index contributed by atoms with van der Waals surface area (Å²) in [6.45, 7) is -6.13. The van der Waals surface area contributed by atoms with Gasteiger partial charge in [-0.25, -0.2) is 17.6 Å². The minimum Gasteiger partial charge on any atom is -0.303 e. The van der Waals surface area contributed by atoms with E-state index in [-0.39, 0.29) is 22.3 Å². The van der Waals surface area contributed by atoms with E-state index in [1.165, 1.54) is 14.1 Å². The molecule has 0 N–H and O–H groups in total. The van der Waals surface area contributed by atoms with Gasteiger partial charge in [-0.05, 0) is 35.4 Å². The average Bonchev–Trinajstić information content (AvgIpc) is 3.30. The fourth-order valence-corrected chi connectivity index (χ4v) is 5.93. The van der Waals surface area contributed by atoms with Gasteiger partial charge in [-0.15, -0.1) is 0 Å². The van der Waals surface area contributed by atoms with Crippen LogP contribution in [0.5, 0.6) is 0 Å². The molecule has 0 radical (unpaired) electrons. The molecule has 51 heavy (non-hydrogen) atoms. The highest BCUT2D eigenvalue weighted by molar-refractivity contribution is 7.87. The zero-order chi connectivity index (χ0) is 39.6. The maximum absolute atomic E-state index is 13.9. The highest BCUT2D eigenvalue weighted by Gasteiger charge is 2.76. The molecule has 1 aliphatic rings. The van der Waals surface area contributed by atoms with E-state index in [4.69, 9.17) is 0 Å². The minimum atomic E-state index is -6.82. The van der Waals surface area contributed by atoms with Gasteiger partial charge in [0.25, 0.3) is 20.2 Å². The number of alkyl halides is 16. The molecule has 26 heteroatoms. The van der Waals surface area contributed by atoms with Crippen molar-refractivity contribution >= 4 is 25.9 Å². The predicted octanol–water partition coefficient (Wildman–Crippen LogP) is 6.73. The number of hydrogen-bond donors (Lipinski definition) is 0. The third-order valence-corrected chi connectivity index (χ3v) is 9.27. The van der Waals surface area contributed by atoms with Gasteiger partial charge in [0.2, 0.25) is 0 Å². The topological polar surface area (TPSA) is 102 Å². The molecular weight excluding hydrogens is 792 g/mol. The summed E-state index contributed by atoms with van der Waals surface area (Å²) in [6.07, 6.45) is -10.6. The van der Waals surface area contributed by atoms with Gasteiger partial charge < -0.3 is 5.01 Å². The first kappa shape index (κ1) is 42.0. The lowest BCUT2D eigenvalue weighted by Crippen LogP contribution is -2.59. The molecule has 0 aliphatic heterocycles. The first-order valence-corrected chi connectivity index (χ1v) is 15.8. The first-order chi connectivity index (χ1) is 22.8. The summed E-state index contributed by atoms with van der Waals surface area (Å²) in [5.74, 6) is -39.3. The van der Waals surface area contributed by atoms with Crippen LogP contribution in [-0.2, 0) is 28.6 Å². The van der Waals surface area contributed by atoms with Gasteiger partial charge >= 0.3 is 48.4 Å². The Labute approximate surface area is 275 Å². The molecule has 0 unspecified atom stereocenters. The van der Waals surface area contributed by atoms with Crippen molar-refractivity contribution in [2.24, 2.45) is 5.10 Å². The van der Waals surface area contributed by atoms with E-state index in [0.29, 0.717) is 24.3 Å². The summed E-state index contributed by atoms with van der Waals surface area (Å²) in [5, 5.41) is 4.95. The van der Waals surface area contributed by atoms with Gasteiger partial charge in [0, 0.05) is 25.2 Å². The van der Waals surface area contributed by atoms with Crippen molar-refractivity contribution in [3.63, 3.8) is 0 Å². The largest absolute Gasteiger partial charge is 0.380 e. The molecule has 0 spiro atoms. The highest BCUT2D eigenvalue weighted by Crippen LogP contribution is 2.50. The molecule has 0 heterocycles. The van der Waals surface area contributed by atoms with Gasteiger partial charge in [-0.3, -0.25) is 8.37 Å². The molecule has 0 fully saturated rings. The normalized spacial score (nSPS) is 15.0. The Bertz CT molecular complexity index is 1770. The van der Waals surface area contributed by atoms with Crippen LogP contribution in [0.3, 0.4) is 0 Å². The molecule has 8 nitrogen and oxygen atoms in total. The zero-order valence-corrected chi connectivity index (χ0v) is 26.4. The molecule has 288 valence electrons. The number of rotatable bonds is 15. The van der Waals surface area contributed by atoms with Crippen molar-refractivity contribution in [3.05, 3.63) is 47.5 Å². The van der Waals surface area contributed by atoms with Crippen LogP contribution in [-0.4, -0.2) is 103 Å². The van der Waals surface area contributed by atoms with Gasteiger partial charge in [0.15, 0.2) is 0 Å². The Morgan fingerprint density at radius 3 is 1.18 bits per heavy atom. The molecule has 2 aromatic rings. The van der Waals surface area contributed by atoms with Crippen LogP contribution >= 0.6 is 0 Å². The second-order valence-electron chi connectivity index (χ2n) is 10.5. The lowest BCUT2D eigenvalue weighted by atomic mass is 10.1. The monoisotopic (exact) mass is 810 g/mol. The number of hydrogen-bond acceptors (Lipinski definition) is 8. The Morgan fingerprint density at radius 2 is 0.902 bits per heavy atom. The molecule has 0 amide bonds. The van der Waals surface area contributed by atoms with Crippen LogP contribution in [0.15, 0.2) is 51.3 Å². The van der Waals surface area contributed by atoms with Crippen LogP contribution in [0, 0.1) is 0 Å². The summed E-state index contributed by atoms with van der Waals surface area (Å²) >= 11 is 0. The van der Waals surface area contributed by atoms with Crippen molar-refractivity contribution < 1.29 is 95.4 Å². The third kappa shape index (κ3) is 7.31. The smallest absolute Gasteiger partial charge is 0.303 e. The Balaban J connectivity index is 1.98. The molecule has 2 aromatic carbocycles. The summed E-state index contributed by atoms with van der Waals surface area (Å²) < 4.78 is 270. The number of fused-ring (bicyclic) bond motifs is 3. The maximum atomic E-state index is 13.9. The van der Waals surface area contributed by atoms with Gasteiger partial charge in [-0.1, -0.05) is 12.1 Å². The van der Waals surface area contributed by atoms with E-state index in [1.807, 2.05) is 0 Å². The maximum Gasteiger partial charge on any atom is 0.380 e. The Kier molecular flexibility index (Phi) is 10.9. The fraction of sp³-hybridized carbons (Fsp3) is 0.480. The number of hydrazone groups is 1. The molecule has 0 saturated carbocycles. The van der Waals surface area contributed by atoms with Crippen molar-refractivity contribution in [1.29, 1.82) is 0 Å². The second kappa shape index (κ2) is 13.2. The molecule has 0 saturated heterocycles. The summed E-state index contributed by atoms with van der Waals surface area (Å²) in [4.78, 5) is -2.33. The van der Waals surface area contributed by atoms with Crippen molar-refractivity contribution in [1.82, 2.24) is 5.01 Å². The van der Waals surface area contributed by atoms with Crippen molar-refractivity contribution in [3.8, 4) is 11.1 Å². The molecule has 0 aromatic heterocycles. The number of benzene rings is 2. The van der Waals surface area contributed by atoms with Crippen molar-refractivity contribution in [2.45, 2.75) is 58.2 Å². The zero-order valence-electron chi connectivity index (χ0n) is 24.7. The summed E-state index contributed by atoms with van der Waals surface area (Å²) in [5.41, 5.74) is -1.26. The first-order valence-electron chi connectivity index (χ1n) is 13.0. The van der Waals surface area contributed by atoms with Crippen LogP contribution in [0.4, 0.5) is 70.2 Å². The highest BCUT2D eigenvalue weighted by atomic mass is 32.2. The van der Waals surface area contributed by atoms with E-state index in [0.717, 1.165) is 17.1 Å². The van der Waals surface area contributed by atoms with E-state index < -0.39 is 97.3 Å². The number of nitrogens with zero attached hydrogens (tertiary/aromatic N) is 2. The van der Waals surface area contributed by atoms with Crippen LogP contribution in [0.2, 0.25) is 0 Å². The lowest BCUT2D eigenvalue weighted by molar-refractivity contribution is -0.342. The SMILES string of the molecule is CN(C)N=C1c2cc(S(=O)(=O)OCC(F)(F)C(F)(F)C(F)(F)C(F)F)ccc2-c2ccc(S(=O)(=O)OCC(F)(F)C(F)(F)C(F)(F)C(F)F)cc21. The second-order valence-corrected chi connectivity index (χ2v) is 13.8. The van der Waals surface area contributed by atoms with E-state index in [1.54, 1.807) is 0 Å².